The van der Waals surface area contributed by atoms with Gasteiger partial charge in [-0.2, -0.15) is 18.3 Å². The van der Waals surface area contributed by atoms with Crippen molar-refractivity contribution < 1.29 is 13.2 Å². The minimum absolute atomic E-state index is 0.0579. The molecule has 1 rings (SSSR count). The Kier molecular flexibility index (Phi) is 2.25. The molecule has 3 nitrogen and oxygen atoms in total. The molecule has 0 saturated heterocycles. The van der Waals surface area contributed by atoms with Gasteiger partial charge in [0, 0.05) is 13.1 Å². The van der Waals surface area contributed by atoms with E-state index in [1.165, 1.54) is 13.1 Å². The van der Waals surface area contributed by atoms with Crippen LogP contribution in [0.1, 0.15) is 19.5 Å². The van der Waals surface area contributed by atoms with E-state index in [0.717, 1.165) is 18.5 Å². The summed E-state index contributed by atoms with van der Waals surface area (Å²) in [7, 11) is 1.44. The Morgan fingerprint density at radius 1 is 1.36 bits per heavy atom. The normalized spacial score (nSPS) is 13.3. The monoisotopic (exact) mass is 207 g/mol. The Morgan fingerprint density at radius 3 is 2.14 bits per heavy atom. The highest BCUT2D eigenvalue weighted by Gasteiger charge is 2.50. The Bertz CT molecular complexity index is 338. The summed E-state index contributed by atoms with van der Waals surface area (Å²) in [5.74, 6) is 0.0971. The number of alkyl halides is 3. The molecule has 80 valence electrons. The highest BCUT2D eigenvalue weighted by Crippen LogP contribution is 2.40. The first-order valence-corrected chi connectivity index (χ1v) is 4.03. The van der Waals surface area contributed by atoms with Gasteiger partial charge in [0.15, 0.2) is 0 Å². The van der Waals surface area contributed by atoms with Crippen LogP contribution < -0.4 is 5.73 Å². The van der Waals surface area contributed by atoms with Crippen molar-refractivity contribution in [2.24, 2.45) is 7.05 Å². The van der Waals surface area contributed by atoms with Crippen LogP contribution in [0.25, 0.3) is 0 Å². The Labute approximate surface area is 79.7 Å². The molecule has 0 spiro atoms. The molecule has 0 aliphatic carbocycles. The van der Waals surface area contributed by atoms with Crippen LogP contribution in [-0.4, -0.2) is 16.0 Å². The van der Waals surface area contributed by atoms with Crippen molar-refractivity contribution in [2.45, 2.75) is 25.4 Å². The number of nitrogens with two attached hydrogens (primary N) is 1. The maximum absolute atomic E-state index is 12.6. The van der Waals surface area contributed by atoms with Crippen LogP contribution >= 0.6 is 0 Å². The summed E-state index contributed by atoms with van der Waals surface area (Å²) in [5, 5.41) is 3.69. The average molecular weight is 207 g/mol. The number of halogens is 3. The third kappa shape index (κ3) is 1.56. The SMILES string of the molecule is Cn1nc(N)cc1C(C)(C)C(F)(F)F. The van der Waals surface area contributed by atoms with Crippen LogP contribution in [0, 0.1) is 0 Å². The molecule has 1 heterocycles. The molecule has 0 radical (unpaired) electrons. The molecule has 0 aliphatic rings. The predicted octanol–water partition coefficient (Wildman–Crippen LogP) is 1.84. The average Bonchev–Trinajstić information content (AvgIpc) is 2.27. The van der Waals surface area contributed by atoms with Gasteiger partial charge in [-0.3, -0.25) is 4.68 Å². The minimum Gasteiger partial charge on any atom is -0.382 e. The van der Waals surface area contributed by atoms with Crippen LogP contribution in [0.15, 0.2) is 6.07 Å². The zero-order valence-electron chi connectivity index (χ0n) is 8.18. The lowest BCUT2D eigenvalue weighted by atomic mass is 9.88. The maximum atomic E-state index is 12.6. The van der Waals surface area contributed by atoms with Crippen molar-refractivity contribution in [2.75, 3.05) is 5.73 Å². The van der Waals surface area contributed by atoms with Crippen molar-refractivity contribution in [3.05, 3.63) is 11.8 Å². The smallest absolute Gasteiger partial charge is 0.382 e. The molecule has 1 aromatic rings. The van der Waals surface area contributed by atoms with E-state index < -0.39 is 11.6 Å². The first-order chi connectivity index (χ1) is 6.16. The molecular formula is C8H12F3N3. The summed E-state index contributed by atoms with van der Waals surface area (Å²) in [6, 6.07) is 1.24. The van der Waals surface area contributed by atoms with E-state index in [2.05, 4.69) is 5.10 Å². The Balaban J connectivity index is 3.22. The largest absolute Gasteiger partial charge is 0.399 e. The Hall–Kier alpha value is -1.20. The van der Waals surface area contributed by atoms with E-state index in [1.807, 2.05) is 0 Å². The molecule has 0 fully saturated rings. The molecule has 2 N–H and O–H groups in total. The predicted molar refractivity (Wildman–Crippen MR) is 46.7 cm³/mol. The van der Waals surface area contributed by atoms with Crippen molar-refractivity contribution in [1.82, 2.24) is 9.78 Å². The van der Waals surface area contributed by atoms with Crippen LogP contribution in [-0.2, 0) is 12.5 Å². The van der Waals surface area contributed by atoms with Crippen LogP contribution in [0.4, 0.5) is 19.0 Å². The van der Waals surface area contributed by atoms with Gasteiger partial charge < -0.3 is 5.73 Å². The van der Waals surface area contributed by atoms with Crippen LogP contribution in [0.5, 0.6) is 0 Å². The summed E-state index contributed by atoms with van der Waals surface area (Å²) in [5.41, 5.74) is 3.44. The zero-order valence-corrected chi connectivity index (χ0v) is 8.18. The van der Waals surface area contributed by atoms with Gasteiger partial charge in [0.1, 0.15) is 11.2 Å². The van der Waals surface area contributed by atoms with Gasteiger partial charge in [-0.15, -0.1) is 0 Å². The van der Waals surface area contributed by atoms with Gasteiger partial charge >= 0.3 is 6.18 Å². The van der Waals surface area contributed by atoms with Crippen LogP contribution in [0.3, 0.4) is 0 Å². The first-order valence-electron chi connectivity index (χ1n) is 4.03. The number of aromatic nitrogens is 2. The van der Waals surface area contributed by atoms with Crippen molar-refractivity contribution in [1.29, 1.82) is 0 Å². The molecule has 0 aromatic carbocycles. The molecule has 0 unspecified atom stereocenters. The molecule has 0 atom stereocenters. The highest BCUT2D eigenvalue weighted by atomic mass is 19.4. The second-order valence-corrected chi connectivity index (χ2v) is 3.70. The number of nitrogen functional groups attached to an aromatic ring is 1. The standard InChI is InChI=1S/C8H12F3N3/c1-7(2,8(9,10)11)5-4-6(12)13-14(5)3/h4H,1-3H3,(H2,12,13). The van der Waals surface area contributed by atoms with Crippen molar-refractivity contribution >= 4 is 5.82 Å². The lowest BCUT2D eigenvalue weighted by Crippen LogP contribution is -2.38. The number of aryl methyl sites for hydroxylation is 1. The fourth-order valence-corrected chi connectivity index (χ4v) is 1.22. The van der Waals surface area contributed by atoms with Gasteiger partial charge in [-0.05, 0) is 13.8 Å². The zero-order chi connectivity index (χ0) is 11.1. The number of rotatable bonds is 1. The van der Waals surface area contributed by atoms with Crippen molar-refractivity contribution in [3.8, 4) is 0 Å². The molecule has 14 heavy (non-hydrogen) atoms. The first kappa shape index (κ1) is 10.9. The Morgan fingerprint density at radius 2 is 1.86 bits per heavy atom. The lowest BCUT2D eigenvalue weighted by molar-refractivity contribution is -0.182. The number of hydrogen-bond acceptors (Lipinski definition) is 2. The highest BCUT2D eigenvalue weighted by molar-refractivity contribution is 5.33. The summed E-state index contributed by atoms with van der Waals surface area (Å²) in [6.07, 6.45) is -4.31. The molecule has 1 aromatic heterocycles. The summed E-state index contributed by atoms with van der Waals surface area (Å²) < 4.78 is 39.0. The second-order valence-electron chi connectivity index (χ2n) is 3.70. The van der Waals surface area contributed by atoms with E-state index in [-0.39, 0.29) is 11.5 Å². The topological polar surface area (TPSA) is 43.8 Å². The minimum atomic E-state index is -4.31. The van der Waals surface area contributed by atoms with Crippen molar-refractivity contribution in [3.63, 3.8) is 0 Å². The fraction of sp³-hybridized carbons (Fsp3) is 0.625. The summed E-state index contributed by atoms with van der Waals surface area (Å²) >= 11 is 0. The number of hydrogen-bond donors (Lipinski definition) is 1. The maximum Gasteiger partial charge on any atom is 0.399 e. The number of nitrogens with zero attached hydrogens (tertiary/aromatic N) is 2. The van der Waals surface area contributed by atoms with Gasteiger partial charge in [0.25, 0.3) is 0 Å². The van der Waals surface area contributed by atoms with E-state index in [1.54, 1.807) is 0 Å². The second kappa shape index (κ2) is 2.90. The van der Waals surface area contributed by atoms with Gasteiger partial charge in [0.05, 0.1) is 5.69 Å². The van der Waals surface area contributed by atoms with E-state index in [0.29, 0.717) is 0 Å². The summed E-state index contributed by atoms with van der Waals surface area (Å²) in [6.45, 7) is 2.20. The molecule has 6 heteroatoms. The summed E-state index contributed by atoms with van der Waals surface area (Å²) in [4.78, 5) is 0. The van der Waals surface area contributed by atoms with Gasteiger partial charge in [-0.25, -0.2) is 0 Å². The molecular weight excluding hydrogens is 195 g/mol. The third-order valence-electron chi connectivity index (χ3n) is 2.25. The molecule has 0 saturated carbocycles. The molecule has 0 amide bonds. The fourth-order valence-electron chi connectivity index (χ4n) is 1.22. The number of anilines is 1. The van der Waals surface area contributed by atoms with E-state index in [9.17, 15) is 13.2 Å². The van der Waals surface area contributed by atoms with E-state index in [4.69, 9.17) is 5.73 Å². The molecule has 0 bridgehead atoms. The lowest BCUT2D eigenvalue weighted by Gasteiger charge is -2.27. The van der Waals surface area contributed by atoms with Gasteiger partial charge in [0.2, 0.25) is 0 Å². The third-order valence-corrected chi connectivity index (χ3v) is 2.25. The van der Waals surface area contributed by atoms with Gasteiger partial charge in [-0.1, -0.05) is 0 Å². The van der Waals surface area contributed by atoms with E-state index >= 15 is 0 Å². The van der Waals surface area contributed by atoms with Crippen LogP contribution in [0.2, 0.25) is 0 Å². The molecule has 0 aliphatic heterocycles. The quantitative estimate of drug-likeness (QED) is 0.763.